The highest BCUT2D eigenvalue weighted by Crippen LogP contribution is 2.64. The van der Waals surface area contributed by atoms with Crippen LogP contribution in [0.1, 0.15) is 20.7 Å². The monoisotopic (exact) mass is 408 g/mol. The van der Waals surface area contributed by atoms with Gasteiger partial charge in [0.1, 0.15) is 11.5 Å². The van der Waals surface area contributed by atoms with E-state index in [0.717, 1.165) is 14.2 Å². The molecule has 0 radical (unpaired) electrons. The molecule has 8 heteroatoms. The van der Waals surface area contributed by atoms with Crippen LogP contribution in [0.4, 0.5) is 0 Å². The third-order valence-electron chi connectivity index (χ3n) is 6.15. The molecule has 4 atom stereocenters. The molecule has 0 bridgehead atoms. The lowest BCUT2D eigenvalue weighted by molar-refractivity contribution is -0.259. The fourth-order valence-electron chi connectivity index (χ4n) is 4.93. The first-order chi connectivity index (χ1) is 14.4. The van der Waals surface area contributed by atoms with Gasteiger partial charge in [0.25, 0.3) is 11.2 Å². The van der Waals surface area contributed by atoms with Crippen LogP contribution in [0, 0.1) is 11.8 Å². The zero-order valence-corrected chi connectivity index (χ0v) is 16.0. The van der Waals surface area contributed by atoms with Gasteiger partial charge in [-0.2, -0.15) is 0 Å². The van der Waals surface area contributed by atoms with Gasteiger partial charge in [-0.1, -0.05) is 24.3 Å². The Balaban J connectivity index is 1.82. The van der Waals surface area contributed by atoms with Crippen LogP contribution in [0.15, 0.2) is 48.5 Å². The van der Waals surface area contributed by atoms with Crippen molar-refractivity contribution < 1.29 is 38.1 Å². The Morgan fingerprint density at radius 2 is 1.10 bits per heavy atom. The second kappa shape index (κ2) is 5.91. The summed E-state index contributed by atoms with van der Waals surface area (Å²) < 4.78 is 22.0. The molecule has 3 aliphatic rings. The number of fused-ring (bicyclic) bond motifs is 6. The van der Waals surface area contributed by atoms with Crippen molar-refractivity contribution in [3.8, 4) is 11.5 Å². The fraction of sp³-hybridized carbons (Fsp3) is 0.273. The Labute approximate surface area is 170 Å². The maximum Gasteiger partial charge on any atom is 0.356 e. The first-order valence-electron chi connectivity index (χ1n) is 9.25. The molecular weight excluding hydrogens is 392 g/mol. The van der Waals surface area contributed by atoms with E-state index in [0.29, 0.717) is 0 Å². The summed E-state index contributed by atoms with van der Waals surface area (Å²) in [5.41, 5.74) is -3.97. The number of methoxy groups -OCH3 is 2. The maximum atomic E-state index is 13.4. The van der Waals surface area contributed by atoms with E-state index >= 15 is 0 Å². The smallest absolute Gasteiger partial charge is 0.356 e. The number of carbonyl (C=O) groups excluding carboxylic acids is 4. The standard InChI is InChI=1S/C22H16O8/c1-27-19(25)21-15(17(23)11-7-3-5-9-13(11)29-21)16-18(24)12-8-4-6-10-14(12)30-22(16,21)20(26)28-2/h3-10,15-16H,1-2H3/t15-,16-,21-,22-/m1/s1. The van der Waals surface area contributed by atoms with E-state index < -0.39 is 46.5 Å². The van der Waals surface area contributed by atoms with Gasteiger partial charge in [-0.15, -0.1) is 0 Å². The number of rotatable bonds is 2. The first-order valence-corrected chi connectivity index (χ1v) is 9.25. The number of carbonyl (C=O) groups is 4. The lowest BCUT2D eigenvalue weighted by Gasteiger charge is -2.63. The molecule has 0 aromatic heterocycles. The number of benzene rings is 2. The van der Waals surface area contributed by atoms with Crippen LogP contribution in [-0.4, -0.2) is 48.9 Å². The van der Waals surface area contributed by atoms with Crippen molar-refractivity contribution in [2.75, 3.05) is 14.2 Å². The normalized spacial score (nSPS) is 30.2. The van der Waals surface area contributed by atoms with Crippen LogP contribution in [0.25, 0.3) is 0 Å². The average molecular weight is 408 g/mol. The van der Waals surface area contributed by atoms with Gasteiger partial charge in [-0.25, -0.2) is 9.59 Å². The van der Waals surface area contributed by atoms with Crippen molar-refractivity contribution in [1.29, 1.82) is 0 Å². The van der Waals surface area contributed by atoms with Crippen LogP contribution in [-0.2, 0) is 19.1 Å². The summed E-state index contributed by atoms with van der Waals surface area (Å²) in [6, 6.07) is 12.6. The Hall–Kier alpha value is -3.68. The predicted molar refractivity (Wildman–Crippen MR) is 99.3 cm³/mol. The minimum atomic E-state index is -2.20. The van der Waals surface area contributed by atoms with E-state index in [-0.39, 0.29) is 22.6 Å². The van der Waals surface area contributed by atoms with Gasteiger partial charge >= 0.3 is 11.9 Å². The number of hydrogen-bond donors (Lipinski definition) is 0. The first kappa shape index (κ1) is 18.4. The van der Waals surface area contributed by atoms with Crippen LogP contribution in [0.5, 0.6) is 11.5 Å². The van der Waals surface area contributed by atoms with E-state index in [1.165, 1.54) is 12.1 Å². The summed E-state index contributed by atoms with van der Waals surface area (Å²) in [7, 11) is 2.22. The predicted octanol–water partition coefficient (Wildman–Crippen LogP) is 1.61. The van der Waals surface area contributed by atoms with Crippen molar-refractivity contribution in [3.05, 3.63) is 59.7 Å². The summed E-state index contributed by atoms with van der Waals surface area (Å²) in [6.07, 6.45) is 0. The topological polar surface area (TPSA) is 105 Å². The van der Waals surface area contributed by atoms with E-state index in [1.54, 1.807) is 36.4 Å². The number of Topliss-reactive ketones (excluding diaryl/α,β-unsaturated/α-hetero) is 2. The number of hydrogen-bond acceptors (Lipinski definition) is 8. The zero-order chi connectivity index (χ0) is 21.3. The van der Waals surface area contributed by atoms with Gasteiger partial charge in [-0.3, -0.25) is 9.59 Å². The highest BCUT2D eigenvalue weighted by atomic mass is 16.6. The van der Waals surface area contributed by atoms with Gasteiger partial charge in [0, 0.05) is 0 Å². The molecule has 0 saturated heterocycles. The number of esters is 2. The van der Waals surface area contributed by atoms with Crippen molar-refractivity contribution in [1.82, 2.24) is 0 Å². The summed E-state index contributed by atoms with van der Waals surface area (Å²) in [5, 5.41) is 0. The van der Waals surface area contributed by atoms with Crippen molar-refractivity contribution in [3.63, 3.8) is 0 Å². The highest BCUT2D eigenvalue weighted by Gasteiger charge is 2.90. The van der Waals surface area contributed by atoms with Crippen molar-refractivity contribution in [2.45, 2.75) is 11.2 Å². The molecular formula is C22H16O8. The second-order valence-corrected chi connectivity index (χ2v) is 7.33. The summed E-state index contributed by atoms with van der Waals surface area (Å²) >= 11 is 0. The van der Waals surface area contributed by atoms with Gasteiger partial charge in [-0.05, 0) is 24.3 Å². The molecule has 2 aromatic rings. The van der Waals surface area contributed by atoms with Crippen LogP contribution in [0.2, 0.25) is 0 Å². The maximum absolute atomic E-state index is 13.4. The molecule has 1 fully saturated rings. The minimum Gasteiger partial charge on any atom is -0.469 e. The molecule has 0 N–H and O–H groups in total. The van der Waals surface area contributed by atoms with Crippen LogP contribution < -0.4 is 9.47 Å². The van der Waals surface area contributed by atoms with E-state index in [9.17, 15) is 19.2 Å². The SMILES string of the molecule is COC(=O)[C@]12Oc3ccccc3C(=O)[C@H]1[C@@H]1C(=O)c3ccccc3O[C@@]12C(=O)OC. The van der Waals surface area contributed by atoms with Crippen molar-refractivity contribution in [2.24, 2.45) is 11.8 Å². The highest BCUT2D eigenvalue weighted by molar-refractivity contribution is 6.19. The molecule has 0 unspecified atom stereocenters. The number of para-hydroxylation sites is 2. The average Bonchev–Trinajstić information content (AvgIpc) is 2.77. The molecule has 2 heterocycles. The molecule has 30 heavy (non-hydrogen) atoms. The Kier molecular flexibility index (Phi) is 3.62. The third-order valence-corrected chi connectivity index (χ3v) is 6.15. The molecule has 1 aliphatic carbocycles. The van der Waals surface area contributed by atoms with E-state index in [1.807, 2.05) is 0 Å². The van der Waals surface area contributed by atoms with Gasteiger partial charge < -0.3 is 18.9 Å². The third kappa shape index (κ3) is 1.82. The lowest BCUT2D eigenvalue weighted by Crippen LogP contribution is -2.90. The number of ether oxygens (including phenoxy) is 4. The summed E-state index contributed by atoms with van der Waals surface area (Å²) in [4.78, 5) is 53.1. The Morgan fingerprint density at radius 3 is 1.47 bits per heavy atom. The zero-order valence-electron chi connectivity index (χ0n) is 16.0. The van der Waals surface area contributed by atoms with Crippen LogP contribution >= 0.6 is 0 Å². The Morgan fingerprint density at radius 1 is 0.733 bits per heavy atom. The molecule has 2 aliphatic heterocycles. The Bertz CT molecular complexity index is 1050. The minimum absolute atomic E-state index is 0.0979. The van der Waals surface area contributed by atoms with Gasteiger partial charge in [0.15, 0.2) is 11.6 Å². The number of ketones is 2. The lowest BCUT2D eigenvalue weighted by atomic mass is 9.45. The molecule has 5 rings (SSSR count). The quantitative estimate of drug-likeness (QED) is 0.690. The molecule has 0 spiro atoms. The summed E-state index contributed by atoms with van der Waals surface area (Å²) in [5.74, 6) is -5.40. The summed E-state index contributed by atoms with van der Waals surface area (Å²) in [6.45, 7) is 0. The molecule has 0 amide bonds. The van der Waals surface area contributed by atoms with Gasteiger partial charge in [0.2, 0.25) is 0 Å². The van der Waals surface area contributed by atoms with E-state index in [2.05, 4.69) is 0 Å². The molecule has 2 aromatic carbocycles. The van der Waals surface area contributed by atoms with Crippen LogP contribution in [0.3, 0.4) is 0 Å². The van der Waals surface area contributed by atoms with E-state index in [4.69, 9.17) is 18.9 Å². The molecule has 1 saturated carbocycles. The fourth-order valence-corrected chi connectivity index (χ4v) is 4.93. The van der Waals surface area contributed by atoms with Gasteiger partial charge in [0.05, 0.1) is 37.2 Å². The second-order valence-electron chi connectivity index (χ2n) is 7.33. The molecule has 152 valence electrons. The largest absolute Gasteiger partial charge is 0.469 e. The molecule has 8 nitrogen and oxygen atoms in total. The van der Waals surface area contributed by atoms with Crippen molar-refractivity contribution >= 4 is 23.5 Å².